The first kappa shape index (κ1) is 15.4. The van der Waals surface area contributed by atoms with Crippen molar-refractivity contribution in [3.05, 3.63) is 15.8 Å². The summed E-state index contributed by atoms with van der Waals surface area (Å²) in [6.07, 6.45) is 2.06. The van der Waals surface area contributed by atoms with E-state index in [0.717, 1.165) is 12.8 Å². The Bertz CT molecular complexity index is 519. The molecule has 0 bridgehead atoms. The van der Waals surface area contributed by atoms with E-state index in [1.54, 1.807) is 14.0 Å². The fourth-order valence-electron chi connectivity index (χ4n) is 2.24. The van der Waals surface area contributed by atoms with E-state index in [0.29, 0.717) is 43.2 Å². The normalized spacial score (nSPS) is 14.0. The van der Waals surface area contributed by atoms with Crippen LogP contribution < -0.4 is 10.2 Å². The summed E-state index contributed by atoms with van der Waals surface area (Å²) in [5, 5.41) is 14.4. The van der Waals surface area contributed by atoms with Crippen molar-refractivity contribution in [2.75, 3.05) is 37.0 Å². The largest absolute Gasteiger partial charge is 0.383 e. The van der Waals surface area contributed by atoms with Crippen LogP contribution in [0.3, 0.4) is 0 Å². The molecule has 1 N–H and O–H groups in total. The Morgan fingerprint density at radius 1 is 1.48 bits per heavy atom. The van der Waals surface area contributed by atoms with Gasteiger partial charge in [-0.25, -0.2) is 4.98 Å². The Morgan fingerprint density at radius 2 is 2.19 bits per heavy atom. The van der Waals surface area contributed by atoms with Gasteiger partial charge in [0.25, 0.3) is 0 Å². The van der Waals surface area contributed by atoms with Gasteiger partial charge in [-0.05, 0) is 26.7 Å². The van der Waals surface area contributed by atoms with Crippen molar-refractivity contribution in [2.45, 2.75) is 32.7 Å². The molecule has 0 saturated heterocycles. The molecule has 0 unspecified atom stereocenters. The molecule has 1 aromatic heterocycles. The maximum absolute atomic E-state index is 11.4. The number of hydrogen-bond donors (Lipinski definition) is 1. The van der Waals surface area contributed by atoms with Gasteiger partial charge in [0, 0.05) is 26.2 Å². The van der Waals surface area contributed by atoms with Gasteiger partial charge in [-0.2, -0.15) is 4.98 Å². The molecule has 116 valence electrons. The third-order valence-corrected chi connectivity index (χ3v) is 3.35. The van der Waals surface area contributed by atoms with Gasteiger partial charge in [0.1, 0.15) is 5.69 Å². The molecule has 0 amide bonds. The van der Waals surface area contributed by atoms with Gasteiger partial charge < -0.3 is 15.0 Å². The first-order chi connectivity index (χ1) is 10.1. The smallest absolute Gasteiger partial charge is 0.332 e. The number of hydrogen-bond acceptors (Lipinski definition) is 7. The molecule has 0 atom stereocenters. The van der Waals surface area contributed by atoms with Crippen molar-refractivity contribution < 1.29 is 9.66 Å². The van der Waals surface area contributed by atoms with Crippen LogP contribution in [0, 0.1) is 17.0 Å². The average molecular weight is 295 g/mol. The van der Waals surface area contributed by atoms with Gasteiger partial charge in [0.2, 0.25) is 11.8 Å². The van der Waals surface area contributed by atoms with Crippen LogP contribution in [0.5, 0.6) is 0 Å². The van der Waals surface area contributed by atoms with Gasteiger partial charge in [-0.1, -0.05) is 0 Å². The lowest BCUT2D eigenvalue weighted by Crippen LogP contribution is -2.31. The van der Waals surface area contributed by atoms with E-state index in [2.05, 4.69) is 15.3 Å². The van der Waals surface area contributed by atoms with Gasteiger partial charge in [-0.3, -0.25) is 10.1 Å². The number of anilines is 2. The zero-order chi connectivity index (χ0) is 15.4. The van der Waals surface area contributed by atoms with Crippen LogP contribution in [0.15, 0.2) is 0 Å². The van der Waals surface area contributed by atoms with Crippen molar-refractivity contribution in [3.63, 3.8) is 0 Å². The summed E-state index contributed by atoms with van der Waals surface area (Å²) in [4.78, 5) is 21.5. The number of nitrogens with one attached hydrogen (secondary N) is 1. The molecular weight excluding hydrogens is 274 g/mol. The lowest BCUT2D eigenvalue weighted by molar-refractivity contribution is -0.385. The fraction of sp³-hybridized carbons (Fsp3) is 0.692. The van der Waals surface area contributed by atoms with E-state index in [9.17, 15) is 10.1 Å². The molecule has 1 aliphatic carbocycles. The van der Waals surface area contributed by atoms with Crippen molar-refractivity contribution in [3.8, 4) is 0 Å². The Labute approximate surface area is 123 Å². The topological polar surface area (TPSA) is 93.4 Å². The van der Waals surface area contributed by atoms with Crippen molar-refractivity contribution in [1.82, 2.24) is 9.97 Å². The summed E-state index contributed by atoms with van der Waals surface area (Å²) in [5.41, 5.74) is 0.365. The van der Waals surface area contributed by atoms with E-state index in [1.807, 2.05) is 11.8 Å². The van der Waals surface area contributed by atoms with Crippen LogP contribution in [0.2, 0.25) is 0 Å². The summed E-state index contributed by atoms with van der Waals surface area (Å²) in [6, 6.07) is 0.308. The first-order valence-electron chi connectivity index (χ1n) is 7.11. The minimum absolute atomic E-state index is 0.0142. The molecule has 21 heavy (non-hydrogen) atoms. The predicted molar refractivity (Wildman–Crippen MR) is 79.8 cm³/mol. The molecule has 1 saturated carbocycles. The van der Waals surface area contributed by atoms with E-state index in [-0.39, 0.29) is 5.69 Å². The lowest BCUT2D eigenvalue weighted by atomic mass is 10.3. The predicted octanol–water partition coefficient (Wildman–Crippen LogP) is 1.74. The highest BCUT2D eigenvalue weighted by Crippen LogP contribution is 2.37. The highest BCUT2D eigenvalue weighted by Gasteiger charge is 2.35. The summed E-state index contributed by atoms with van der Waals surface area (Å²) < 4.78 is 5.11. The number of nitro groups is 1. The Hall–Kier alpha value is -1.96. The van der Waals surface area contributed by atoms with Crippen LogP contribution in [-0.4, -0.2) is 47.7 Å². The standard InChI is InChI=1S/C13H21N5O3/c1-4-14-13-15-9(2)11(18(19)20)12(16-13)17(7-8-21-3)10-5-6-10/h10H,4-8H2,1-3H3,(H,14,15,16). The third kappa shape index (κ3) is 3.57. The van der Waals surface area contributed by atoms with Gasteiger partial charge in [0.15, 0.2) is 0 Å². The number of aromatic nitrogens is 2. The second-order valence-electron chi connectivity index (χ2n) is 5.01. The molecule has 1 heterocycles. The molecular formula is C13H21N5O3. The van der Waals surface area contributed by atoms with E-state index in [4.69, 9.17) is 4.74 Å². The molecule has 1 aliphatic rings. The molecule has 2 rings (SSSR count). The molecule has 8 heteroatoms. The Balaban J connectivity index is 2.43. The van der Waals surface area contributed by atoms with E-state index >= 15 is 0 Å². The highest BCUT2D eigenvalue weighted by atomic mass is 16.6. The molecule has 1 fully saturated rings. The Morgan fingerprint density at radius 3 is 2.71 bits per heavy atom. The fourth-order valence-corrected chi connectivity index (χ4v) is 2.24. The van der Waals surface area contributed by atoms with Crippen LogP contribution in [0.25, 0.3) is 0 Å². The van der Waals surface area contributed by atoms with Crippen molar-refractivity contribution >= 4 is 17.5 Å². The van der Waals surface area contributed by atoms with Crippen LogP contribution in [-0.2, 0) is 4.74 Å². The molecule has 0 aliphatic heterocycles. The van der Waals surface area contributed by atoms with Crippen LogP contribution >= 0.6 is 0 Å². The summed E-state index contributed by atoms with van der Waals surface area (Å²) in [7, 11) is 1.62. The van der Waals surface area contributed by atoms with E-state index in [1.165, 1.54) is 0 Å². The molecule has 0 spiro atoms. The minimum Gasteiger partial charge on any atom is -0.383 e. The van der Waals surface area contributed by atoms with Crippen LogP contribution in [0.4, 0.5) is 17.5 Å². The molecule has 0 radical (unpaired) electrons. The maximum Gasteiger partial charge on any atom is 0.332 e. The molecule has 1 aromatic rings. The van der Waals surface area contributed by atoms with Gasteiger partial charge in [-0.15, -0.1) is 0 Å². The van der Waals surface area contributed by atoms with Crippen molar-refractivity contribution in [1.29, 1.82) is 0 Å². The maximum atomic E-state index is 11.4. The summed E-state index contributed by atoms with van der Waals surface area (Å²) in [6.45, 7) is 5.34. The van der Waals surface area contributed by atoms with E-state index < -0.39 is 4.92 Å². The highest BCUT2D eigenvalue weighted by molar-refractivity contribution is 5.63. The zero-order valence-corrected chi connectivity index (χ0v) is 12.6. The third-order valence-electron chi connectivity index (χ3n) is 3.35. The summed E-state index contributed by atoms with van der Waals surface area (Å²) in [5.74, 6) is 0.821. The lowest BCUT2D eigenvalue weighted by Gasteiger charge is -2.23. The second-order valence-corrected chi connectivity index (χ2v) is 5.01. The molecule has 0 aromatic carbocycles. The first-order valence-corrected chi connectivity index (χ1v) is 7.11. The number of aryl methyl sites for hydroxylation is 1. The SMILES string of the molecule is CCNc1nc(C)c([N+](=O)[O-])c(N(CCOC)C2CC2)n1. The zero-order valence-electron chi connectivity index (χ0n) is 12.6. The Kier molecular flexibility index (Phi) is 4.89. The van der Waals surface area contributed by atoms with Gasteiger partial charge >= 0.3 is 5.69 Å². The van der Waals surface area contributed by atoms with Gasteiger partial charge in [0.05, 0.1) is 11.5 Å². The monoisotopic (exact) mass is 295 g/mol. The second kappa shape index (κ2) is 6.66. The summed E-state index contributed by atoms with van der Waals surface area (Å²) >= 11 is 0. The van der Waals surface area contributed by atoms with Crippen molar-refractivity contribution in [2.24, 2.45) is 0 Å². The number of methoxy groups -OCH3 is 1. The number of ether oxygens (including phenoxy) is 1. The quantitative estimate of drug-likeness (QED) is 0.576. The number of rotatable bonds is 8. The molecule has 8 nitrogen and oxygen atoms in total. The van der Waals surface area contributed by atoms with Crippen LogP contribution in [0.1, 0.15) is 25.5 Å². The average Bonchev–Trinajstić information content (AvgIpc) is 3.23. The number of nitrogens with zero attached hydrogens (tertiary/aromatic N) is 4. The minimum atomic E-state index is -0.400.